The van der Waals surface area contributed by atoms with Crippen molar-refractivity contribution in [2.45, 2.75) is 38.5 Å². The van der Waals surface area contributed by atoms with E-state index in [0.717, 1.165) is 5.56 Å². The normalized spacial score (nSPS) is 14.2. The molecule has 5 heteroatoms. The standard InChI is InChI=1S/C14H22O4S/c1-11(15)12-5-7-13(8-6-12)18-9-10-19(16,17)14(2,3)4/h5-8,11,15H,9-10H2,1-4H3. The van der Waals surface area contributed by atoms with Gasteiger partial charge in [0.05, 0.1) is 16.6 Å². The summed E-state index contributed by atoms with van der Waals surface area (Å²) in [5, 5.41) is 9.37. The van der Waals surface area contributed by atoms with E-state index in [1.165, 1.54) is 0 Å². The Morgan fingerprint density at radius 3 is 2.16 bits per heavy atom. The second-order valence-electron chi connectivity index (χ2n) is 5.52. The van der Waals surface area contributed by atoms with Crippen LogP contribution in [0.25, 0.3) is 0 Å². The molecule has 1 rings (SSSR count). The molecule has 0 heterocycles. The molecule has 19 heavy (non-hydrogen) atoms. The van der Waals surface area contributed by atoms with Crippen molar-refractivity contribution in [3.8, 4) is 5.75 Å². The molecule has 1 N–H and O–H groups in total. The third kappa shape index (κ3) is 4.51. The van der Waals surface area contributed by atoms with Crippen LogP contribution >= 0.6 is 0 Å². The van der Waals surface area contributed by atoms with Crippen molar-refractivity contribution < 1.29 is 18.3 Å². The van der Waals surface area contributed by atoms with Crippen LogP contribution in [-0.2, 0) is 9.84 Å². The molecular weight excluding hydrogens is 264 g/mol. The SMILES string of the molecule is CC(O)c1ccc(OCCS(=O)(=O)C(C)(C)C)cc1. The second-order valence-corrected chi connectivity index (χ2v) is 8.39. The van der Waals surface area contributed by atoms with Crippen LogP contribution in [0.1, 0.15) is 39.4 Å². The zero-order valence-electron chi connectivity index (χ0n) is 11.9. The van der Waals surface area contributed by atoms with E-state index < -0.39 is 20.7 Å². The summed E-state index contributed by atoms with van der Waals surface area (Å²) in [7, 11) is -3.15. The molecule has 108 valence electrons. The molecule has 0 saturated heterocycles. The van der Waals surface area contributed by atoms with Crippen LogP contribution in [0.3, 0.4) is 0 Å². The first kappa shape index (κ1) is 16.0. The Morgan fingerprint density at radius 1 is 1.21 bits per heavy atom. The van der Waals surface area contributed by atoms with E-state index in [-0.39, 0.29) is 12.4 Å². The molecule has 0 aliphatic rings. The number of aliphatic hydroxyl groups is 1. The zero-order valence-corrected chi connectivity index (χ0v) is 12.7. The Bertz CT molecular complexity index is 495. The van der Waals surface area contributed by atoms with Gasteiger partial charge in [-0.1, -0.05) is 12.1 Å². The smallest absolute Gasteiger partial charge is 0.158 e. The van der Waals surface area contributed by atoms with Crippen molar-refractivity contribution in [1.29, 1.82) is 0 Å². The van der Waals surface area contributed by atoms with Gasteiger partial charge in [0, 0.05) is 0 Å². The Kier molecular flexibility index (Phi) is 4.98. The molecule has 0 fully saturated rings. The van der Waals surface area contributed by atoms with E-state index in [9.17, 15) is 13.5 Å². The molecule has 1 atom stereocenters. The second kappa shape index (κ2) is 5.92. The number of aliphatic hydroxyl groups excluding tert-OH is 1. The molecule has 0 amide bonds. The van der Waals surface area contributed by atoms with E-state index in [1.54, 1.807) is 52.0 Å². The minimum absolute atomic E-state index is 0.00530. The minimum atomic E-state index is -3.15. The average molecular weight is 286 g/mol. The van der Waals surface area contributed by atoms with E-state index in [1.807, 2.05) is 0 Å². The molecule has 1 unspecified atom stereocenters. The number of benzene rings is 1. The van der Waals surface area contributed by atoms with Gasteiger partial charge >= 0.3 is 0 Å². The molecule has 1 aromatic rings. The highest BCUT2D eigenvalue weighted by Crippen LogP contribution is 2.19. The highest BCUT2D eigenvalue weighted by molar-refractivity contribution is 7.92. The summed E-state index contributed by atoms with van der Waals surface area (Å²) < 4.78 is 28.4. The van der Waals surface area contributed by atoms with Gasteiger partial charge in [-0.3, -0.25) is 0 Å². The number of rotatable bonds is 5. The van der Waals surface area contributed by atoms with Crippen molar-refractivity contribution >= 4 is 9.84 Å². The molecule has 0 spiro atoms. The van der Waals surface area contributed by atoms with Crippen molar-refractivity contribution in [1.82, 2.24) is 0 Å². The lowest BCUT2D eigenvalue weighted by Crippen LogP contribution is -2.32. The maximum absolute atomic E-state index is 11.9. The largest absolute Gasteiger partial charge is 0.493 e. The molecule has 0 aliphatic carbocycles. The van der Waals surface area contributed by atoms with Crippen LogP contribution < -0.4 is 4.74 Å². The average Bonchev–Trinajstić information content (AvgIpc) is 2.28. The number of sulfone groups is 1. The maximum Gasteiger partial charge on any atom is 0.158 e. The third-order valence-electron chi connectivity index (χ3n) is 2.92. The summed E-state index contributed by atoms with van der Waals surface area (Å²) in [5.74, 6) is 0.600. The fourth-order valence-electron chi connectivity index (χ4n) is 1.42. The number of ether oxygens (including phenoxy) is 1. The maximum atomic E-state index is 11.9. The van der Waals surface area contributed by atoms with Crippen molar-refractivity contribution in [3.63, 3.8) is 0 Å². The van der Waals surface area contributed by atoms with E-state index in [2.05, 4.69) is 0 Å². The van der Waals surface area contributed by atoms with Gasteiger partial charge in [-0.05, 0) is 45.4 Å². The Labute approximate surface area is 115 Å². The van der Waals surface area contributed by atoms with Gasteiger partial charge in [-0.15, -0.1) is 0 Å². The molecular formula is C14H22O4S. The van der Waals surface area contributed by atoms with Crippen LogP contribution in [0.15, 0.2) is 24.3 Å². The van der Waals surface area contributed by atoms with Crippen LogP contribution in [0.2, 0.25) is 0 Å². The summed E-state index contributed by atoms with van der Waals surface area (Å²) in [5.41, 5.74) is 0.801. The predicted octanol–water partition coefficient (Wildman–Crippen LogP) is 2.33. The van der Waals surface area contributed by atoms with Gasteiger partial charge in [0.1, 0.15) is 12.4 Å². The van der Waals surface area contributed by atoms with Gasteiger partial charge in [-0.25, -0.2) is 8.42 Å². The first-order chi connectivity index (χ1) is 8.63. The van der Waals surface area contributed by atoms with Gasteiger partial charge in [0.15, 0.2) is 9.84 Å². The molecule has 0 radical (unpaired) electrons. The molecule has 1 aromatic carbocycles. The van der Waals surface area contributed by atoms with Crippen LogP contribution in [0, 0.1) is 0 Å². The predicted molar refractivity (Wildman–Crippen MR) is 76.1 cm³/mol. The monoisotopic (exact) mass is 286 g/mol. The Hall–Kier alpha value is -1.07. The Balaban J connectivity index is 2.55. The fourth-order valence-corrected chi connectivity index (χ4v) is 2.33. The highest BCUT2D eigenvalue weighted by atomic mass is 32.2. The lowest BCUT2D eigenvalue weighted by molar-refractivity contribution is 0.199. The van der Waals surface area contributed by atoms with E-state index in [0.29, 0.717) is 5.75 Å². The Morgan fingerprint density at radius 2 is 1.74 bits per heavy atom. The number of hydrogen-bond donors (Lipinski definition) is 1. The lowest BCUT2D eigenvalue weighted by atomic mass is 10.1. The molecule has 0 saturated carbocycles. The van der Waals surface area contributed by atoms with Crippen molar-refractivity contribution in [3.05, 3.63) is 29.8 Å². The molecule has 0 bridgehead atoms. The molecule has 0 aliphatic heterocycles. The lowest BCUT2D eigenvalue weighted by Gasteiger charge is -2.19. The van der Waals surface area contributed by atoms with Gasteiger partial charge < -0.3 is 9.84 Å². The van der Waals surface area contributed by atoms with Crippen LogP contribution in [0.4, 0.5) is 0 Å². The van der Waals surface area contributed by atoms with Crippen LogP contribution in [0.5, 0.6) is 5.75 Å². The summed E-state index contributed by atoms with van der Waals surface area (Å²) >= 11 is 0. The van der Waals surface area contributed by atoms with E-state index in [4.69, 9.17) is 4.74 Å². The van der Waals surface area contributed by atoms with Crippen molar-refractivity contribution in [2.75, 3.05) is 12.4 Å². The van der Waals surface area contributed by atoms with Crippen LogP contribution in [-0.4, -0.2) is 30.6 Å². The van der Waals surface area contributed by atoms with Gasteiger partial charge in [0.2, 0.25) is 0 Å². The molecule has 0 aromatic heterocycles. The van der Waals surface area contributed by atoms with E-state index >= 15 is 0 Å². The van der Waals surface area contributed by atoms with Gasteiger partial charge in [-0.2, -0.15) is 0 Å². The summed E-state index contributed by atoms with van der Waals surface area (Å²) in [4.78, 5) is 0. The van der Waals surface area contributed by atoms with Gasteiger partial charge in [0.25, 0.3) is 0 Å². The topological polar surface area (TPSA) is 63.6 Å². The quantitative estimate of drug-likeness (QED) is 0.902. The minimum Gasteiger partial charge on any atom is -0.493 e. The first-order valence-corrected chi connectivity index (χ1v) is 7.92. The third-order valence-corrected chi connectivity index (χ3v) is 5.49. The first-order valence-electron chi connectivity index (χ1n) is 6.26. The summed E-state index contributed by atoms with van der Waals surface area (Å²) in [6, 6.07) is 6.98. The summed E-state index contributed by atoms with van der Waals surface area (Å²) in [6.45, 7) is 6.86. The van der Waals surface area contributed by atoms with Crippen molar-refractivity contribution in [2.24, 2.45) is 0 Å². The fraction of sp³-hybridized carbons (Fsp3) is 0.571. The molecule has 4 nitrogen and oxygen atoms in total. The zero-order chi connectivity index (χ0) is 14.7. The summed E-state index contributed by atoms with van der Waals surface area (Å²) in [6.07, 6.45) is -0.518. The highest BCUT2D eigenvalue weighted by Gasteiger charge is 2.28. The number of hydrogen-bond acceptors (Lipinski definition) is 4.